The van der Waals surface area contributed by atoms with Gasteiger partial charge in [0.15, 0.2) is 0 Å². The first kappa shape index (κ1) is 16.3. The number of amides is 2. The van der Waals surface area contributed by atoms with Crippen LogP contribution < -0.4 is 10.2 Å². The highest BCUT2D eigenvalue weighted by Crippen LogP contribution is 2.23. The van der Waals surface area contributed by atoms with Gasteiger partial charge in [0.25, 0.3) is 5.91 Å². The minimum atomic E-state index is -0.474. The van der Waals surface area contributed by atoms with Gasteiger partial charge in [0.1, 0.15) is 11.9 Å². The normalized spacial score (nSPS) is 16.8. The van der Waals surface area contributed by atoms with Crippen LogP contribution in [0.4, 0.5) is 14.9 Å². The number of cyclic esters (lactones) is 1. The van der Waals surface area contributed by atoms with Gasteiger partial charge < -0.3 is 10.1 Å². The average Bonchev–Trinajstić information content (AvgIpc) is 2.95. The third-order valence-electron chi connectivity index (χ3n) is 3.61. The van der Waals surface area contributed by atoms with Gasteiger partial charge in [-0.05, 0) is 48.5 Å². The summed E-state index contributed by atoms with van der Waals surface area (Å²) < 4.78 is 18.1. The molecule has 1 saturated heterocycles. The van der Waals surface area contributed by atoms with Crippen LogP contribution in [0.5, 0.6) is 0 Å². The number of anilines is 1. The molecule has 1 heterocycles. The molecule has 0 spiro atoms. The lowest BCUT2D eigenvalue weighted by Crippen LogP contribution is -2.34. The number of benzene rings is 2. The van der Waals surface area contributed by atoms with Crippen LogP contribution in [-0.2, 0) is 4.74 Å². The minimum absolute atomic E-state index is 0.173. The molecule has 24 heavy (non-hydrogen) atoms. The molecule has 0 saturated carbocycles. The van der Waals surface area contributed by atoms with Crippen LogP contribution in [-0.4, -0.2) is 31.2 Å². The van der Waals surface area contributed by atoms with Gasteiger partial charge in [-0.25, -0.2) is 9.18 Å². The summed E-state index contributed by atoms with van der Waals surface area (Å²) in [7, 11) is 0. The summed E-state index contributed by atoms with van der Waals surface area (Å²) in [5, 5.41) is 3.25. The Kier molecular flexibility index (Phi) is 4.66. The maximum Gasteiger partial charge on any atom is 0.414 e. The molecule has 1 atom stereocenters. The Bertz CT molecular complexity index is 749. The van der Waals surface area contributed by atoms with Crippen molar-refractivity contribution in [1.82, 2.24) is 5.32 Å². The number of halogens is 2. The monoisotopic (exact) mass is 348 g/mol. The smallest absolute Gasteiger partial charge is 0.414 e. The lowest BCUT2D eigenvalue weighted by Gasteiger charge is -2.13. The van der Waals surface area contributed by atoms with Crippen molar-refractivity contribution in [2.24, 2.45) is 0 Å². The number of carbonyl (C=O) groups is 2. The quantitative estimate of drug-likeness (QED) is 0.922. The van der Waals surface area contributed by atoms with E-state index in [1.54, 1.807) is 24.3 Å². The molecule has 2 aromatic carbocycles. The van der Waals surface area contributed by atoms with Crippen molar-refractivity contribution in [3.05, 3.63) is 64.9 Å². The predicted octanol–water partition coefficient (Wildman–Crippen LogP) is 3.23. The fourth-order valence-corrected chi connectivity index (χ4v) is 2.50. The minimum Gasteiger partial charge on any atom is -0.442 e. The fourth-order valence-electron chi connectivity index (χ4n) is 2.37. The zero-order valence-corrected chi connectivity index (χ0v) is 13.3. The average molecular weight is 349 g/mol. The number of nitrogens with one attached hydrogen (secondary N) is 1. The van der Waals surface area contributed by atoms with Gasteiger partial charge in [-0.3, -0.25) is 9.69 Å². The van der Waals surface area contributed by atoms with E-state index >= 15 is 0 Å². The van der Waals surface area contributed by atoms with Crippen LogP contribution >= 0.6 is 11.6 Å². The Morgan fingerprint density at radius 2 is 1.88 bits per heavy atom. The first-order chi connectivity index (χ1) is 11.5. The second-order valence-corrected chi connectivity index (χ2v) is 5.75. The standard InChI is InChI=1S/C17H14ClFN2O3/c18-12-3-7-14(8-4-12)21-10-15(24-17(21)23)9-20-16(22)11-1-5-13(19)6-2-11/h1-8,15H,9-10H2,(H,20,22). The maximum atomic E-state index is 12.9. The van der Waals surface area contributed by atoms with Crippen LogP contribution in [0.15, 0.2) is 48.5 Å². The molecule has 0 aliphatic carbocycles. The van der Waals surface area contributed by atoms with Gasteiger partial charge in [0.2, 0.25) is 0 Å². The lowest BCUT2D eigenvalue weighted by atomic mass is 10.2. The third kappa shape index (κ3) is 3.65. The summed E-state index contributed by atoms with van der Waals surface area (Å²) in [4.78, 5) is 25.4. The van der Waals surface area contributed by atoms with Crippen molar-refractivity contribution in [1.29, 1.82) is 0 Å². The second-order valence-electron chi connectivity index (χ2n) is 5.31. The Morgan fingerprint density at radius 3 is 2.54 bits per heavy atom. The van der Waals surface area contributed by atoms with Crippen molar-refractivity contribution in [3.63, 3.8) is 0 Å². The maximum absolute atomic E-state index is 12.9. The summed E-state index contributed by atoms with van der Waals surface area (Å²) in [6.07, 6.45) is -0.934. The molecule has 0 radical (unpaired) electrons. The summed E-state index contributed by atoms with van der Waals surface area (Å²) in [5.41, 5.74) is 1.02. The SMILES string of the molecule is O=C(NCC1CN(c2ccc(Cl)cc2)C(=O)O1)c1ccc(F)cc1. The molecular weight excluding hydrogens is 335 g/mol. The van der Waals surface area contributed by atoms with E-state index < -0.39 is 18.0 Å². The van der Waals surface area contributed by atoms with Crippen molar-refractivity contribution in [2.45, 2.75) is 6.10 Å². The predicted molar refractivity (Wildman–Crippen MR) is 87.8 cm³/mol. The van der Waals surface area contributed by atoms with Gasteiger partial charge in [-0.2, -0.15) is 0 Å². The number of hydrogen-bond acceptors (Lipinski definition) is 3. The zero-order chi connectivity index (χ0) is 17.1. The highest BCUT2D eigenvalue weighted by molar-refractivity contribution is 6.30. The Balaban J connectivity index is 1.57. The van der Waals surface area contributed by atoms with Gasteiger partial charge in [-0.1, -0.05) is 11.6 Å². The molecule has 2 aromatic rings. The van der Waals surface area contributed by atoms with E-state index in [-0.39, 0.29) is 12.5 Å². The van der Waals surface area contributed by atoms with Crippen LogP contribution in [0.1, 0.15) is 10.4 Å². The Hall–Kier alpha value is -2.60. The van der Waals surface area contributed by atoms with Crippen LogP contribution in [0.2, 0.25) is 5.02 Å². The summed E-state index contributed by atoms with van der Waals surface area (Å²) in [5.74, 6) is -0.758. The van der Waals surface area contributed by atoms with Crippen molar-refractivity contribution >= 4 is 29.3 Å². The van der Waals surface area contributed by atoms with Gasteiger partial charge >= 0.3 is 6.09 Å². The number of ether oxygens (including phenoxy) is 1. The molecule has 124 valence electrons. The van der Waals surface area contributed by atoms with E-state index in [1.165, 1.54) is 29.2 Å². The molecule has 0 bridgehead atoms. The van der Waals surface area contributed by atoms with Crippen LogP contribution in [0.25, 0.3) is 0 Å². The molecule has 7 heteroatoms. The Labute approximate surface area is 143 Å². The highest BCUT2D eigenvalue weighted by Gasteiger charge is 2.32. The van der Waals surface area contributed by atoms with Gasteiger partial charge in [-0.15, -0.1) is 0 Å². The van der Waals surface area contributed by atoms with Gasteiger partial charge in [0, 0.05) is 16.3 Å². The molecule has 1 aliphatic heterocycles. The number of hydrogen-bond donors (Lipinski definition) is 1. The molecule has 1 N–H and O–H groups in total. The summed E-state index contributed by atoms with van der Waals surface area (Å²) >= 11 is 5.83. The number of nitrogens with zero attached hydrogens (tertiary/aromatic N) is 1. The highest BCUT2D eigenvalue weighted by atomic mass is 35.5. The number of rotatable bonds is 4. The molecule has 5 nitrogen and oxygen atoms in total. The van der Waals surface area contributed by atoms with E-state index in [0.717, 1.165) is 0 Å². The number of carbonyl (C=O) groups excluding carboxylic acids is 2. The van der Waals surface area contributed by atoms with Crippen molar-refractivity contribution in [3.8, 4) is 0 Å². The largest absolute Gasteiger partial charge is 0.442 e. The first-order valence-electron chi connectivity index (χ1n) is 7.30. The second kappa shape index (κ2) is 6.88. The fraction of sp³-hybridized carbons (Fsp3) is 0.176. The van der Waals surface area contributed by atoms with E-state index in [9.17, 15) is 14.0 Å². The third-order valence-corrected chi connectivity index (χ3v) is 3.86. The lowest BCUT2D eigenvalue weighted by molar-refractivity contribution is 0.0916. The van der Waals surface area contributed by atoms with E-state index in [2.05, 4.69) is 5.32 Å². The molecule has 1 fully saturated rings. The summed E-state index contributed by atoms with van der Waals surface area (Å²) in [6.45, 7) is 0.496. The first-order valence-corrected chi connectivity index (χ1v) is 7.68. The molecule has 1 unspecified atom stereocenters. The molecule has 0 aromatic heterocycles. The van der Waals surface area contributed by atoms with Crippen molar-refractivity contribution in [2.75, 3.05) is 18.0 Å². The zero-order valence-electron chi connectivity index (χ0n) is 12.5. The molecular formula is C17H14ClFN2O3. The molecule has 2 amide bonds. The van der Waals surface area contributed by atoms with Gasteiger partial charge in [0.05, 0.1) is 13.1 Å². The van der Waals surface area contributed by atoms with E-state index in [0.29, 0.717) is 22.8 Å². The van der Waals surface area contributed by atoms with Crippen LogP contribution in [0, 0.1) is 5.82 Å². The molecule has 3 rings (SSSR count). The summed E-state index contributed by atoms with van der Waals surface area (Å²) in [6, 6.07) is 12.0. The van der Waals surface area contributed by atoms with Crippen LogP contribution in [0.3, 0.4) is 0 Å². The van der Waals surface area contributed by atoms with E-state index in [1.807, 2.05) is 0 Å². The van der Waals surface area contributed by atoms with E-state index in [4.69, 9.17) is 16.3 Å². The topological polar surface area (TPSA) is 58.6 Å². The van der Waals surface area contributed by atoms with Crippen molar-refractivity contribution < 1.29 is 18.7 Å². The Morgan fingerprint density at radius 1 is 1.21 bits per heavy atom. The molecule has 1 aliphatic rings.